The van der Waals surface area contributed by atoms with E-state index >= 15 is 0 Å². The third-order valence-electron chi connectivity index (χ3n) is 6.46. The third-order valence-corrected chi connectivity index (χ3v) is 8.04. The Bertz CT molecular complexity index is 1450. The second-order valence-corrected chi connectivity index (χ2v) is 13.0. The number of para-hydroxylation sites is 1. The minimum Gasteiger partial charge on any atom is -0.444 e. The van der Waals surface area contributed by atoms with Crippen molar-refractivity contribution in [3.63, 3.8) is 0 Å². The number of nitrogens with one attached hydrogen (secondary N) is 1. The van der Waals surface area contributed by atoms with Crippen molar-refractivity contribution in [2.45, 2.75) is 57.2 Å². The normalized spacial score (nSPS) is 16.4. The summed E-state index contributed by atoms with van der Waals surface area (Å²) in [7, 11) is 0. The number of hydrogen-bond acceptors (Lipinski definition) is 7. The molecule has 0 radical (unpaired) electrons. The topological polar surface area (TPSA) is 87.7 Å². The summed E-state index contributed by atoms with van der Waals surface area (Å²) in [6.45, 7) is 10.8. The lowest BCUT2D eigenvalue weighted by molar-refractivity contribution is 0.0174. The Morgan fingerprint density at radius 3 is 2.56 bits per heavy atom. The fourth-order valence-electron chi connectivity index (χ4n) is 4.80. The van der Waals surface area contributed by atoms with Gasteiger partial charge in [-0.1, -0.05) is 60.9 Å². The van der Waals surface area contributed by atoms with Crippen LogP contribution in [0.3, 0.4) is 0 Å². The Hall–Kier alpha value is -3.01. The monoisotopic (exact) mass is 585 g/mol. The number of rotatable bonds is 3. The van der Waals surface area contributed by atoms with E-state index in [1.54, 1.807) is 23.1 Å². The first-order valence-electron chi connectivity index (χ1n) is 12.5. The van der Waals surface area contributed by atoms with E-state index in [1.165, 1.54) is 28.4 Å². The predicted octanol–water partition coefficient (Wildman–Crippen LogP) is 7.27. The highest BCUT2D eigenvalue weighted by molar-refractivity contribution is 7.99. The standard InChI is InChI=1S/C28H29Cl2N5O3S/c1-27(2,3)38-26(37)34-13-16-11-17(9-10-19(16)28(4,5)14-34)32-25-31-12-18-23(33-25)39-15-35(24(18)36)22-20(29)7-6-8-21(22)30/h6-12H,13-15H2,1-5H3,(H,31,32,33). The maximum atomic E-state index is 13.2. The lowest BCUT2D eigenvalue weighted by Crippen LogP contribution is -2.46. The predicted molar refractivity (Wildman–Crippen MR) is 155 cm³/mol. The van der Waals surface area contributed by atoms with Crippen molar-refractivity contribution >= 4 is 64.3 Å². The quantitative estimate of drug-likeness (QED) is 0.323. The summed E-state index contributed by atoms with van der Waals surface area (Å²) in [5.41, 5.74) is 3.04. The van der Waals surface area contributed by atoms with Crippen LogP contribution in [0.4, 0.5) is 22.1 Å². The largest absolute Gasteiger partial charge is 0.444 e. The molecule has 2 aromatic carbocycles. The first-order chi connectivity index (χ1) is 18.3. The number of thioether (sulfide) groups is 1. The van der Waals surface area contributed by atoms with Gasteiger partial charge in [0.05, 0.1) is 27.2 Å². The van der Waals surface area contributed by atoms with Crippen LogP contribution in [0.2, 0.25) is 10.0 Å². The molecule has 0 atom stereocenters. The summed E-state index contributed by atoms with van der Waals surface area (Å²) in [5.74, 6) is 0.432. The number of carbonyl (C=O) groups excluding carboxylic acids is 2. The van der Waals surface area contributed by atoms with Crippen LogP contribution in [-0.2, 0) is 16.7 Å². The molecular formula is C28H29Cl2N5O3S. The molecule has 3 heterocycles. The molecule has 2 amide bonds. The van der Waals surface area contributed by atoms with E-state index < -0.39 is 5.60 Å². The van der Waals surface area contributed by atoms with Gasteiger partial charge in [-0.15, -0.1) is 0 Å². The van der Waals surface area contributed by atoms with Crippen LogP contribution in [0.1, 0.15) is 56.1 Å². The number of hydrogen-bond donors (Lipinski definition) is 1. The SMILES string of the molecule is CC(C)(C)OC(=O)N1Cc2cc(Nc3ncc4c(n3)SCN(c3c(Cl)cccc3Cl)C4=O)ccc2C(C)(C)C1. The molecule has 0 unspecified atom stereocenters. The maximum absolute atomic E-state index is 13.2. The van der Waals surface area contributed by atoms with E-state index in [1.807, 2.05) is 32.9 Å². The minimum absolute atomic E-state index is 0.237. The summed E-state index contributed by atoms with van der Waals surface area (Å²) in [6, 6.07) is 11.2. The van der Waals surface area contributed by atoms with Crippen molar-refractivity contribution < 1.29 is 14.3 Å². The number of carbonyl (C=O) groups is 2. The van der Waals surface area contributed by atoms with Gasteiger partial charge >= 0.3 is 6.09 Å². The maximum Gasteiger partial charge on any atom is 0.410 e. The number of anilines is 3. The zero-order chi connectivity index (χ0) is 28.1. The van der Waals surface area contributed by atoms with E-state index in [0.29, 0.717) is 51.2 Å². The van der Waals surface area contributed by atoms with E-state index in [9.17, 15) is 9.59 Å². The summed E-state index contributed by atoms with van der Waals surface area (Å²) >= 11 is 14.1. The van der Waals surface area contributed by atoms with E-state index in [4.69, 9.17) is 27.9 Å². The van der Waals surface area contributed by atoms with Crippen LogP contribution in [0.25, 0.3) is 0 Å². The van der Waals surface area contributed by atoms with Gasteiger partial charge in [0.25, 0.3) is 5.91 Å². The molecule has 11 heteroatoms. The van der Waals surface area contributed by atoms with Crippen LogP contribution in [0.15, 0.2) is 47.6 Å². The van der Waals surface area contributed by atoms with Gasteiger partial charge < -0.3 is 15.0 Å². The molecule has 2 aliphatic heterocycles. The van der Waals surface area contributed by atoms with Crippen molar-refractivity contribution in [1.29, 1.82) is 0 Å². The number of nitrogens with zero attached hydrogens (tertiary/aromatic N) is 4. The van der Waals surface area contributed by atoms with Gasteiger partial charge in [-0.3, -0.25) is 9.69 Å². The van der Waals surface area contributed by atoms with Gasteiger partial charge in [0, 0.05) is 30.4 Å². The van der Waals surface area contributed by atoms with Crippen LogP contribution in [0, 0.1) is 0 Å². The number of benzene rings is 2. The minimum atomic E-state index is -0.565. The van der Waals surface area contributed by atoms with Gasteiger partial charge in [-0.05, 0) is 56.2 Å². The van der Waals surface area contributed by atoms with Gasteiger partial charge in [0.1, 0.15) is 10.6 Å². The molecule has 39 heavy (non-hydrogen) atoms. The molecule has 0 saturated heterocycles. The number of aromatic nitrogens is 2. The van der Waals surface area contributed by atoms with Gasteiger partial charge in [-0.25, -0.2) is 14.8 Å². The van der Waals surface area contributed by atoms with Crippen LogP contribution in [0.5, 0.6) is 0 Å². The highest BCUT2D eigenvalue weighted by atomic mass is 35.5. The van der Waals surface area contributed by atoms with Gasteiger partial charge in [-0.2, -0.15) is 0 Å². The Kier molecular flexibility index (Phi) is 7.20. The molecular weight excluding hydrogens is 557 g/mol. The lowest BCUT2D eigenvalue weighted by atomic mass is 9.78. The summed E-state index contributed by atoms with van der Waals surface area (Å²) in [5, 5.41) is 4.63. The molecule has 0 spiro atoms. The number of halogens is 2. The molecule has 204 valence electrons. The zero-order valence-electron chi connectivity index (χ0n) is 22.3. The van der Waals surface area contributed by atoms with Crippen LogP contribution < -0.4 is 10.2 Å². The molecule has 1 N–H and O–H groups in total. The number of fused-ring (bicyclic) bond motifs is 2. The third kappa shape index (κ3) is 5.66. The lowest BCUT2D eigenvalue weighted by Gasteiger charge is -2.40. The summed E-state index contributed by atoms with van der Waals surface area (Å²) in [6.07, 6.45) is 1.19. The van der Waals surface area contributed by atoms with Crippen molar-refractivity contribution in [1.82, 2.24) is 14.9 Å². The second-order valence-electron chi connectivity index (χ2n) is 11.2. The average Bonchev–Trinajstić information content (AvgIpc) is 2.83. The number of amides is 2. The molecule has 5 rings (SSSR count). The number of ether oxygens (including phenoxy) is 1. The molecule has 0 saturated carbocycles. The first kappa shape index (κ1) is 27.6. The van der Waals surface area contributed by atoms with Crippen molar-refractivity contribution in [3.05, 3.63) is 69.3 Å². The van der Waals surface area contributed by atoms with Crippen LogP contribution >= 0.6 is 35.0 Å². The Morgan fingerprint density at radius 1 is 1.15 bits per heavy atom. The highest BCUT2D eigenvalue weighted by Gasteiger charge is 2.36. The molecule has 2 aliphatic rings. The molecule has 3 aromatic rings. The zero-order valence-corrected chi connectivity index (χ0v) is 24.7. The molecule has 0 aliphatic carbocycles. The first-order valence-corrected chi connectivity index (χ1v) is 14.2. The smallest absolute Gasteiger partial charge is 0.410 e. The van der Waals surface area contributed by atoms with Gasteiger partial charge in [0.2, 0.25) is 5.95 Å². The Labute approximate surface area is 242 Å². The molecule has 1 aromatic heterocycles. The van der Waals surface area contributed by atoms with Crippen molar-refractivity contribution in [2.75, 3.05) is 22.6 Å². The summed E-state index contributed by atoms with van der Waals surface area (Å²) < 4.78 is 5.63. The highest BCUT2D eigenvalue weighted by Crippen LogP contribution is 2.40. The molecule has 0 fully saturated rings. The van der Waals surface area contributed by atoms with Crippen molar-refractivity contribution in [2.24, 2.45) is 0 Å². The molecule has 8 nitrogen and oxygen atoms in total. The van der Waals surface area contributed by atoms with Crippen molar-refractivity contribution in [3.8, 4) is 0 Å². The second kappa shape index (κ2) is 10.2. The summed E-state index contributed by atoms with van der Waals surface area (Å²) in [4.78, 5) is 38.3. The van der Waals surface area contributed by atoms with E-state index in [2.05, 4.69) is 35.2 Å². The van der Waals surface area contributed by atoms with Gasteiger partial charge in [0.15, 0.2) is 0 Å². The van der Waals surface area contributed by atoms with E-state index in [0.717, 1.165) is 11.3 Å². The van der Waals surface area contributed by atoms with Crippen LogP contribution in [-0.4, -0.2) is 44.9 Å². The Balaban J connectivity index is 1.36. The fourth-order valence-corrected chi connectivity index (χ4v) is 6.34. The van der Waals surface area contributed by atoms with E-state index in [-0.39, 0.29) is 17.4 Å². The molecule has 0 bridgehead atoms. The fraction of sp³-hybridized carbons (Fsp3) is 0.357. The Morgan fingerprint density at radius 2 is 1.87 bits per heavy atom. The average molecular weight is 587 g/mol.